The fraction of sp³-hybridized carbons (Fsp3) is 0.429. The Balaban J connectivity index is 1.66. The molecule has 1 fully saturated rings. The number of para-hydroxylation sites is 1. The van der Waals surface area contributed by atoms with Crippen molar-refractivity contribution in [2.24, 2.45) is 0 Å². The summed E-state index contributed by atoms with van der Waals surface area (Å²) in [7, 11) is 0. The summed E-state index contributed by atoms with van der Waals surface area (Å²) in [6.07, 6.45) is 2.08. The highest BCUT2D eigenvalue weighted by atomic mass is 16.5. The molecule has 1 aromatic carbocycles. The second-order valence-corrected chi connectivity index (χ2v) is 4.67. The smallest absolute Gasteiger partial charge is 0.258 e. The number of amides is 2. The van der Waals surface area contributed by atoms with Gasteiger partial charge in [-0.3, -0.25) is 9.59 Å². The van der Waals surface area contributed by atoms with Gasteiger partial charge in [-0.25, -0.2) is 0 Å². The highest BCUT2D eigenvalue weighted by Crippen LogP contribution is 2.18. The molecule has 5 nitrogen and oxygen atoms in total. The van der Waals surface area contributed by atoms with Crippen molar-refractivity contribution in [2.45, 2.75) is 25.8 Å². The van der Waals surface area contributed by atoms with Crippen LogP contribution in [-0.4, -0.2) is 31.0 Å². The molecule has 1 aliphatic carbocycles. The van der Waals surface area contributed by atoms with Crippen LogP contribution in [0.15, 0.2) is 24.3 Å². The van der Waals surface area contributed by atoms with E-state index in [-0.39, 0.29) is 25.0 Å². The molecule has 0 spiro atoms. The van der Waals surface area contributed by atoms with Crippen molar-refractivity contribution >= 4 is 11.8 Å². The van der Waals surface area contributed by atoms with Gasteiger partial charge in [0.05, 0.1) is 6.54 Å². The second-order valence-electron chi connectivity index (χ2n) is 4.67. The molecule has 0 bridgehead atoms. The first-order valence-electron chi connectivity index (χ1n) is 6.39. The summed E-state index contributed by atoms with van der Waals surface area (Å²) in [5.41, 5.74) is 0.974. The first kappa shape index (κ1) is 13.4. The summed E-state index contributed by atoms with van der Waals surface area (Å²) in [5.74, 6) is 0.237. The van der Waals surface area contributed by atoms with Crippen LogP contribution in [0, 0.1) is 6.92 Å². The van der Waals surface area contributed by atoms with E-state index in [2.05, 4.69) is 10.6 Å². The van der Waals surface area contributed by atoms with Crippen LogP contribution in [0.5, 0.6) is 5.75 Å². The Bertz CT molecular complexity index is 470. The van der Waals surface area contributed by atoms with Gasteiger partial charge in [-0.05, 0) is 31.4 Å². The lowest BCUT2D eigenvalue weighted by atomic mass is 10.2. The van der Waals surface area contributed by atoms with Crippen LogP contribution < -0.4 is 15.4 Å². The number of carbonyl (C=O) groups is 2. The molecule has 0 atom stereocenters. The van der Waals surface area contributed by atoms with Crippen molar-refractivity contribution in [1.29, 1.82) is 0 Å². The lowest BCUT2D eigenvalue weighted by Gasteiger charge is -2.09. The highest BCUT2D eigenvalue weighted by molar-refractivity contribution is 5.85. The molecule has 0 aliphatic heterocycles. The van der Waals surface area contributed by atoms with Crippen molar-refractivity contribution in [3.63, 3.8) is 0 Å². The first-order chi connectivity index (χ1) is 9.15. The Morgan fingerprint density at radius 1 is 1.26 bits per heavy atom. The minimum absolute atomic E-state index is 0.00641. The van der Waals surface area contributed by atoms with Crippen LogP contribution in [0.2, 0.25) is 0 Å². The summed E-state index contributed by atoms with van der Waals surface area (Å²) in [6.45, 7) is 1.84. The normalized spacial score (nSPS) is 13.7. The lowest BCUT2D eigenvalue weighted by Crippen LogP contribution is -2.39. The zero-order chi connectivity index (χ0) is 13.7. The predicted octanol–water partition coefficient (Wildman–Crippen LogP) is 0.769. The van der Waals surface area contributed by atoms with E-state index in [1.165, 1.54) is 0 Å². The van der Waals surface area contributed by atoms with Crippen LogP contribution in [-0.2, 0) is 9.59 Å². The van der Waals surface area contributed by atoms with Crippen LogP contribution in [0.4, 0.5) is 0 Å². The van der Waals surface area contributed by atoms with Gasteiger partial charge in [-0.15, -0.1) is 0 Å². The molecule has 1 aromatic rings. The third-order valence-corrected chi connectivity index (χ3v) is 2.84. The molecule has 0 aromatic heterocycles. The number of benzene rings is 1. The molecule has 0 unspecified atom stereocenters. The molecule has 0 radical (unpaired) electrons. The maximum absolute atomic E-state index is 11.5. The van der Waals surface area contributed by atoms with Gasteiger partial charge in [-0.2, -0.15) is 0 Å². The van der Waals surface area contributed by atoms with Crippen LogP contribution in [0.25, 0.3) is 0 Å². The van der Waals surface area contributed by atoms with E-state index < -0.39 is 0 Å². The van der Waals surface area contributed by atoms with Crippen molar-refractivity contribution < 1.29 is 14.3 Å². The molecule has 1 saturated carbocycles. The third kappa shape index (κ3) is 4.62. The van der Waals surface area contributed by atoms with Gasteiger partial charge in [0.15, 0.2) is 6.61 Å². The van der Waals surface area contributed by atoms with Crippen molar-refractivity contribution in [1.82, 2.24) is 10.6 Å². The molecule has 1 aliphatic rings. The second kappa shape index (κ2) is 6.22. The quantitative estimate of drug-likeness (QED) is 0.795. The third-order valence-electron chi connectivity index (χ3n) is 2.84. The number of aryl methyl sites for hydroxylation is 1. The number of hydrogen-bond donors (Lipinski definition) is 2. The van der Waals surface area contributed by atoms with E-state index in [0.29, 0.717) is 11.8 Å². The molecule has 0 saturated heterocycles. The topological polar surface area (TPSA) is 67.4 Å². The summed E-state index contributed by atoms with van der Waals surface area (Å²) < 4.78 is 5.38. The van der Waals surface area contributed by atoms with E-state index in [1.807, 2.05) is 31.2 Å². The Hall–Kier alpha value is -2.04. The van der Waals surface area contributed by atoms with E-state index in [4.69, 9.17) is 4.74 Å². The minimum Gasteiger partial charge on any atom is -0.484 e. The molecule has 19 heavy (non-hydrogen) atoms. The molecule has 2 amide bonds. The molecular formula is C14H18N2O3. The number of nitrogens with one attached hydrogen (secondary N) is 2. The minimum atomic E-state index is -0.297. The molecule has 102 valence electrons. The van der Waals surface area contributed by atoms with Crippen LogP contribution in [0.1, 0.15) is 18.4 Å². The van der Waals surface area contributed by atoms with Gasteiger partial charge in [0.25, 0.3) is 5.91 Å². The van der Waals surface area contributed by atoms with Gasteiger partial charge in [0.1, 0.15) is 5.75 Å². The first-order valence-corrected chi connectivity index (χ1v) is 6.39. The van der Waals surface area contributed by atoms with Gasteiger partial charge in [0, 0.05) is 6.04 Å². The van der Waals surface area contributed by atoms with E-state index in [9.17, 15) is 9.59 Å². The van der Waals surface area contributed by atoms with E-state index in [1.54, 1.807) is 0 Å². The summed E-state index contributed by atoms with van der Waals surface area (Å²) in [5, 5.41) is 5.33. The molecule has 2 rings (SSSR count). The monoisotopic (exact) mass is 262 g/mol. The van der Waals surface area contributed by atoms with Crippen LogP contribution >= 0.6 is 0 Å². The molecular weight excluding hydrogens is 244 g/mol. The number of rotatable bonds is 6. The number of carbonyl (C=O) groups excluding carboxylic acids is 2. The fourth-order valence-electron chi connectivity index (χ4n) is 1.60. The molecule has 0 heterocycles. The maximum atomic E-state index is 11.5. The van der Waals surface area contributed by atoms with Gasteiger partial charge < -0.3 is 15.4 Å². The Labute approximate surface area is 112 Å². The van der Waals surface area contributed by atoms with Crippen molar-refractivity contribution in [3.05, 3.63) is 29.8 Å². The summed E-state index contributed by atoms with van der Waals surface area (Å²) in [6, 6.07) is 7.79. The van der Waals surface area contributed by atoms with Gasteiger partial charge in [0.2, 0.25) is 5.91 Å². The Kier molecular flexibility index (Phi) is 4.39. The number of ether oxygens (including phenoxy) is 1. The van der Waals surface area contributed by atoms with Crippen molar-refractivity contribution in [2.75, 3.05) is 13.2 Å². The predicted molar refractivity (Wildman–Crippen MR) is 70.8 cm³/mol. The zero-order valence-corrected chi connectivity index (χ0v) is 10.9. The average molecular weight is 262 g/mol. The largest absolute Gasteiger partial charge is 0.484 e. The zero-order valence-electron chi connectivity index (χ0n) is 10.9. The standard InChI is InChI=1S/C14H18N2O3/c1-10-4-2-3-5-12(10)19-9-14(18)15-8-13(17)16-11-6-7-11/h2-5,11H,6-9H2,1H3,(H,15,18)(H,16,17). The highest BCUT2D eigenvalue weighted by Gasteiger charge is 2.23. The fourth-order valence-corrected chi connectivity index (χ4v) is 1.60. The molecule has 2 N–H and O–H groups in total. The van der Waals surface area contributed by atoms with E-state index in [0.717, 1.165) is 18.4 Å². The Morgan fingerprint density at radius 3 is 2.68 bits per heavy atom. The Morgan fingerprint density at radius 2 is 2.00 bits per heavy atom. The lowest BCUT2D eigenvalue weighted by molar-refractivity contribution is -0.127. The van der Waals surface area contributed by atoms with Crippen molar-refractivity contribution in [3.8, 4) is 5.75 Å². The molecule has 5 heteroatoms. The van der Waals surface area contributed by atoms with Crippen LogP contribution in [0.3, 0.4) is 0 Å². The SMILES string of the molecule is Cc1ccccc1OCC(=O)NCC(=O)NC1CC1. The van der Waals surface area contributed by atoms with Gasteiger partial charge in [-0.1, -0.05) is 18.2 Å². The summed E-state index contributed by atoms with van der Waals surface area (Å²) in [4.78, 5) is 22.9. The van der Waals surface area contributed by atoms with E-state index >= 15 is 0 Å². The van der Waals surface area contributed by atoms with Gasteiger partial charge >= 0.3 is 0 Å². The average Bonchev–Trinajstić information content (AvgIpc) is 3.19. The summed E-state index contributed by atoms with van der Waals surface area (Å²) >= 11 is 0. The maximum Gasteiger partial charge on any atom is 0.258 e. The number of hydrogen-bond acceptors (Lipinski definition) is 3.